The first-order valence-corrected chi connectivity index (χ1v) is 8.11. The zero-order valence-corrected chi connectivity index (χ0v) is 13.6. The number of carbonyl (C=O) groups excluding carboxylic acids is 2. The molecule has 0 saturated heterocycles. The minimum Gasteiger partial charge on any atom is -0.453 e. The van der Waals surface area contributed by atoms with Gasteiger partial charge in [-0.15, -0.1) is 0 Å². The van der Waals surface area contributed by atoms with Gasteiger partial charge < -0.3 is 4.74 Å². The van der Waals surface area contributed by atoms with E-state index in [-0.39, 0.29) is 5.78 Å². The lowest BCUT2D eigenvalue weighted by Gasteiger charge is -2.24. The summed E-state index contributed by atoms with van der Waals surface area (Å²) in [6, 6.07) is 9.31. The number of ketones is 1. The molecular weight excluding hydrogens is 314 g/mol. The van der Waals surface area contributed by atoms with Crippen LogP contribution in [0, 0.1) is 0 Å². The maximum atomic E-state index is 12.3. The number of ether oxygens (including phenoxy) is 1. The van der Waals surface area contributed by atoms with Gasteiger partial charge in [0.05, 0.1) is 19.3 Å². The van der Waals surface area contributed by atoms with E-state index in [1.165, 1.54) is 18.4 Å². The topological polar surface area (TPSA) is 71.5 Å². The summed E-state index contributed by atoms with van der Waals surface area (Å²) < 4.78 is 4.57. The van der Waals surface area contributed by atoms with Crippen molar-refractivity contribution in [3.05, 3.63) is 46.5 Å². The number of carbonyl (C=O) groups is 2. The first kappa shape index (κ1) is 15.6. The second kappa shape index (κ2) is 6.89. The number of Topliss-reactive ketones (excluding diaryl/α,β-unsaturated/α-hetero) is 1. The normalized spacial score (nSPS) is 14.1. The van der Waals surface area contributed by atoms with Crippen molar-refractivity contribution in [2.45, 2.75) is 13.0 Å². The first-order valence-electron chi connectivity index (χ1n) is 7.30. The molecule has 23 heavy (non-hydrogen) atoms. The number of hydrogen-bond donors (Lipinski definition) is 1. The Morgan fingerprint density at radius 3 is 2.87 bits per heavy atom. The summed E-state index contributed by atoms with van der Waals surface area (Å²) in [6.07, 6.45) is 0.253. The van der Waals surface area contributed by atoms with Crippen molar-refractivity contribution < 1.29 is 14.3 Å². The molecule has 0 bridgehead atoms. The molecule has 0 unspecified atom stereocenters. The van der Waals surface area contributed by atoms with E-state index in [1.54, 1.807) is 0 Å². The van der Waals surface area contributed by atoms with E-state index in [0.717, 1.165) is 29.1 Å². The van der Waals surface area contributed by atoms with Gasteiger partial charge >= 0.3 is 6.09 Å². The summed E-state index contributed by atoms with van der Waals surface area (Å²) in [7, 11) is 1.32. The van der Waals surface area contributed by atoms with Crippen LogP contribution < -0.4 is 5.32 Å². The van der Waals surface area contributed by atoms with Crippen molar-refractivity contribution >= 4 is 28.3 Å². The Balaban J connectivity index is 1.64. The third-order valence-corrected chi connectivity index (χ3v) is 4.67. The van der Waals surface area contributed by atoms with Gasteiger partial charge in [-0.1, -0.05) is 41.7 Å². The number of rotatable bonds is 4. The van der Waals surface area contributed by atoms with Crippen molar-refractivity contribution in [1.82, 2.24) is 9.88 Å². The van der Waals surface area contributed by atoms with Crippen LogP contribution >= 0.6 is 11.3 Å². The smallest absolute Gasteiger partial charge is 0.413 e. The Labute approximate surface area is 138 Å². The lowest BCUT2D eigenvalue weighted by Crippen LogP contribution is -2.34. The van der Waals surface area contributed by atoms with Crippen LogP contribution in [0.4, 0.5) is 9.93 Å². The van der Waals surface area contributed by atoms with Crippen LogP contribution in [0.3, 0.4) is 0 Å². The van der Waals surface area contributed by atoms with Crippen LogP contribution in [0.25, 0.3) is 0 Å². The highest BCUT2D eigenvalue weighted by Crippen LogP contribution is 2.28. The molecule has 6 nitrogen and oxygen atoms in total. The molecule has 1 aliphatic heterocycles. The molecule has 0 spiro atoms. The van der Waals surface area contributed by atoms with Crippen molar-refractivity contribution in [2.75, 3.05) is 25.5 Å². The third-order valence-electron chi connectivity index (χ3n) is 3.67. The number of anilines is 1. The van der Waals surface area contributed by atoms with Crippen LogP contribution in [-0.4, -0.2) is 42.0 Å². The van der Waals surface area contributed by atoms with Crippen LogP contribution in [0.5, 0.6) is 0 Å². The molecule has 0 radical (unpaired) electrons. The van der Waals surface area contributed by atoms with E-state index in [4.69, 9.17) is 0 Å². The zero-order chi connectivity index (χ0) is 16.2. The zero-order valence-electron chi connectivity index (χ0n) is 12.7. The molecule has 0 fully saturated rings. The van der Waals surface area contributed by atoms with Crippen LogP contribution in [0.1, 0.15) is 20.9 Å². The van der Waals surface area contributed by atoms with Gasteiger partial charge in [0.1, 0.15) is 0 Å². The number of nitrogens with zero attached hydrogens (tertiary/aromatic N) is 2. The number of benzene rings is 1. The number of aromatic nitrogens is 1. The van der Waals surface area contributed by atoms with E-state index in [9.17, 15) is 9.59 Å². The molecule has 1 aromatic carbocycles. The monoisotopic (exact) mass is 331 g/mol. The molecule has 7 heteroatoms. The van der Waals surface area contributed by atoms with Crippen molar-refractivity contribution in [2.24, 2.45) is 0 Å². The SMILES string of the molecule is COC(=O)Nc1nc2c(s1)CN(CC(=O)c1ccccc1)CC2. The fraction of sp³-hybridized carbons (Fsp3) is 0.312. The number of nitrogens with one attached hydrogen (secondary N) is 1. The number of fused-ring (bicyclic) bond motifs is 1. The van der Waals surface area contributed by atoms with Crippen molar-refractivity contribution in [3.63, 3.8) is 0 Å². The van der Waals surface area contributed by atoms with Gasteiger partial charge in [-0.3, -0.25) is 15.0 Å². The summed E-state index contributed by atoms with van der Waals surface area (Å²) >= 11 is 1.43. The summed E-state index contributed by atoms with van der Waals surface area (Å²) in [4.78, 5) is 31.1. The second-order valence-electron chi connectivity index (χ2n) is 5.26. The minimum absolute atomic E-state index is 0.117. The average Bonchev–Trinajstić information content (AvgIpc) is 2.96. The van der Waals surface area contributed by atoms with Crippen LogP contribution in [0.2, 0.25) is 0 Å². The molecule has 3 rings (SSSR count). The van der Waals surface area contributed by atoms with Crippen LogP contribution in [-0.2, 0) is 17.7 Å². The lowest BCUT2D eigenvalue weighted by molar-refractivity contribution is 0.0922. The third kappa shape index (κ3) is 3.75. The Hall–Kier alpha value is -2.25. The fourth-order valence-corrected chi connectivity index (χ4v) is 3.53. The van der Waals surface area contributed by atoms with Gasteiger partial charge in [-0.25, -0.2) is 9.78 Å². The van der Waals surface area contributed by atoms with Gasteiger partial charge in [-0.05, 0) is 0 Å². The van der Waals surface area contributed by atoms with E-state index in [0.29, 0.717) is 18.2 Å². The number of methoxy groups -OCH3 is 1. The number of thiazole rings is 1. The predicted molar refractivity (Wildman–Crippen MR) is 87.9 cm³/mol. The van der Waals surface area contributed by atoms with Gasteiger partial charge in [0, 0.05) is 30.0 Å². The fourth-order valence-electron chi connectivity index (χ4n) is 2.49. The highest BCUT2D eigenvalue weighted by molar-refractivity contribution is 7.15. The molecule has 0 saturated carbocycles. The average molecular weight is 331 g/mol. The van der Waals surface area contributed by atoms with Crippen molar-refractivity contribution in [3.8, 4) is 0 Å². The molecule has 1 aliphatic rings. The van der Waals surface area contributed by atoms with Gasteiger partial charge in [0.2, 0.25) is 0 Å². The molecule has 0 atom stereocenters. The van der Waals surface area contributed by atoms with E-state index in [2.05, 4.69) is 19.9 Å². The molecule has 1 N–H and O–H groups in total. The Bertz CT molecular complexity index is 715. The maximum Gasteiger partial charge on any atom is 0.413 e. The first-order chi connectivity index (χ1) is 11.2. The van der Waals surface area contributed by atoms with Gasteiger partial charge in [-0.2, -0.15) is 0 Å². The number of hydrogen-bond acceptors (Lipinski definition) is 6. The molecule has 120 valence electrons. The highest BCUT2D eigenvalue weighted by Gasteiger charge is 2.23. The van der Waals surface area contributed by atoms with E-state index in [1.807, 2.05) is 30.3 Å². The molecule has 1 aromatic heterocycles. The quantitative estimate of drug-likeness (QED) is 0.872. The second-order valence-corrected chi connectivity index (χ2v) is 6.34. The summed E-state index contributed by atoms with van der Waals surface area (Å²) in [6.45, 7) is 1.85. The van der Waals surface area contributed by atoms with E-state index < -0.39 is 6.09 Å². The molecular formula is C16H17N3O3S. The minimum atomic E-state index is -0.521. The lowest BCUT2D eigenvalue weighted by atomic mass is 10.1. The standard InChI is InChI=1S/C16H17N3O3S/c1-22-16(21)18-15-17-12-7-8-19(10-14(12)23-15)9-13(20)11-5-3-2-4-6-11/h2-6H,7-10H2,1H3,(H,17,18,21). The summed E-state index contributed by atoms with van der Waals surface area (Å²) in [5.74, 6) is 0.117. The van der Waals surface area contributed by atoms with Crippen LogP contribution in [0.15, 0.2) is 30.3 Å². The largest absolute Gasteiger partial charge is 0.453 e. The van der Waals surface area contributed by atoms with Crippen molar-refractivity contribution in [1.29, 1.82) is 0 Å². The molecule has 0 aliphatic carbocycles. The summed E-state index contributed by atoms with van der Waals surface area (Å²) in [5.41, 5.74) is 1.72. The number of amides is 1. The van der Waals surface area contributed by atoms with E-state index >= 15 is 0 Å². The molecule has 2 aromatic rings. The summed E-state index contributed by atoms with van der Waals surface area (Å²) in [5, 5.41) is 3.13. The Morgan fingerprint density at radius 1 is 1.35 bits per heavy atom. The molecule has 1 amide bonds. The maximum absolute atomic E-state index is 12.3. The predicted octanol–water partition coefficient (Wildman–Crippen LogP) is 2.56. The highest BCUT2D eigenvalue weighted by atomic mass is 32.1. The molecule has 2 heterocycles. The van der Waals surface area contributed by atoms with Gasteiger partial charge in [0.15, 0.2) is 10.9 Å². The Kier molecular flexibility index (Phi) is 4.68. The Morgan fingerprint density at radius 2 is 2.13 bits per heavy atom. The van der Waals surface area contributed by atoms with Gasteiger partial charge in [0.25, 0.3) is 0 Å².